The van der Waals surface area contributed by atoms with Gasteiger partial charge >= 0.3 is 11.6 Å². The van der Waals surface area contributed by atoms with Gasteiger partial charge in [-0.25, -0.2) is 4.79 Å². The van der Waals surface area contributed by atoms with E-state index in [4.69, 9.17) is 13.9 Å². The summed E-state index contributed by atoms with van der Waals surface area (Å²) in [5.41, 5.74) is -0.823. The Labute approximate surface area is 152 Å². The van der Waals surface area contributed by atoms with Crippen molar-refractivity contribution in [1.82, 2.24) is 0 Å². The van der Waals surface area contributed by atoms with Crippen molar-refractivity contribution in [1.29, 1.82) is 0 Å². The van der Waals surface area contributed by atoms with Crippen LogP contribution in [0.3, 0.4) is 0 Å². The Balaban J connectivity index is 2.45. The third-order valence-electron chi connectivity index (χ3n) is 4.10. The Morgan fingerprint density at radius 1 is 1.23 bits per heavy atom. The highest BCUT2D eigenvalue weighted by atomic mass is 16.6. The molecule has 0 radical (unpaired) electrons. The number of hydrogen-bond donors (Lipinski definition) is 1. The first-order valence-corrected chi connectivity index (χ1v) is 8.63. The van der Waals surface area contributed by atoms with Gasteiger partial charge in [-0.15, -0.1) is 0 Å². The predicted molar refractivity (Wildman–Crippen MR) is 98.4 cm³/mol. The zero-order chi connectivity index (χ0) is 19.5. The lowest BCUT2D eigenvalue weighted by Gasteiger charge is -2.30. The summed E-state index contributed by atoms with van der Waals surface area (Å²) >= 11 is 0. The van der Waals surface area contributed by atoms with E-state index in [1.807, 2.05) is 13.8 Å². The number of esters is 1. The molecule has 142 valence electrons. The van der Waals surface area contributed by atoms with E-state index in [1.54, 1.807) is 32.0 Å². The third kappa shape index (κ3) is 4.85. The van der Waals surface area contributed by atoms with E-state index < -0.39 is 17.3 Å². The van der Waals surface area contributed by atoms with Gasteiger partial charge in [0.25, 0.3) is 0 Å². The second kappa shape index (κ2) is 7.91. The number of hydrogen-bond acceptors (Lipinski definition) is 6. The molecule has 0 saturated heterocycles. The summed E-state index contributed by atoms with van der Waals surface area (Å²) in [4.78, 5) is 23.8. The van der Waals surface area contributed by atoms with Crippen LogP contribution in [0.4, 0.5) is 0 Å². The molecule has 1 aromatic carbocycles. The van der Waals surface area contributed by atoms with E-state index >= 15 is 0 Å². The number of ether oxygens (including phenoxy) is 2. The molecule has 2 rings (SSSR count). The fraction of sp³-hybridized carbons (Fsp3) is 0.500. The topological polar surface area (TPSA) is 86.0 Å². The molecule has 0 aliphatic heterocycles. The molecule has 1 atom stereocenters. The maximum absolute atomic E-state index is 12.1. The summed E-state index contributed by atoms with van der Waals surface area (Å²) in [6, 6.07) is 6.54. The quantitative estimate of drug-likeness (QED) is 0.602. The first-order chi connectivity index (χ1) is 12.1. The van der Waals surface area contributed by atoms with Crippen LogP contribution in [0.2, 0.25) is 0 Å². The number of aliphatic hydroxyl groups is 1. The van der Waals surface area contributed by atoms with Crippen LogP contribution < -0.4 is 10.4 Å². The lowest BCUT2D eigenvalue weighted by atomic mass is 9.93. The van der Waals surface area contributed by atoms with Crippen molar-refractivity contribution >= 4 is 16.9 Å². The summed E-state index contributed by atoms with van der Waals surface area (Å²) in [6.45, 7) is 6.99. The zero-order valence-corrected chi connectivity index (χ0v) is 15.9. The van der Waals surface area contributed by atoms with E-state index in [2.05, 4.69) is 0 Å². The number of carbonyl (C=O) groups excluding carboxylic acids is 1. The summed E-state index contributed by atoms with van der Waals surface area (Å²) in [6.07, 6.45) is -0.409. The number of fused-ring (bicyclic) bond motifs is 1. The summed E-state index contributed by atoms with van der Waals surface area (Å²) in [7, 11) is 1.51. The molecule has 26 heavy (non-hydrogen) atoms. The van der Waals surface area contributed by atoms with Crippen LogP contribution in [0.1, 0.15) is 39.7 Å². The second-order valence-corrected chi connectivity index (χ2v) is 7.35. The van der Waals surface area contributed by atoms with Crippen LogP contribution in [0.25, 0.3) is 11.0 Å². The van der Waals surface area contributed by atoms with E-state index in [-0.39, 0.29) is 24.7 Å². The Morgan fingerprint density at radius 2 is 1.88 bits per heavy atom. The zero-order valence-electron chi connectivity index (χ0n) is 15.9. The van der Waals surface area contributed by atoms with Gasteiger partial charge in [0.2, 0.25) is 0 Å². The van der Waals surface area contributed by atoms with Crippen molar-refractivity contribution < 1.29 is 23.8 Å². The molecule has 1 heterocycles. The average molecular weight is 362 g/mol. The van der Waals surface area contributed by atoms with Crippen molar-refractivity contribution in [3.8, 4) is 5.75 Å². The molecule has 0 fully saturated rings. The van der Waals surface area contributed by atoms with Gasteiger partial charge in [-0.2, -0.15) is 0 Å². The Morgan fingerprint density at radius 3 is 2.46 bits per heavy atom. The summed E-state index contributed by atoms with van der Waals surface area (Å²) in [5.74, 6) is 0.267. The Bertz CT molecular complexity index is 828. The van der Waals surface area contributed by atoms with E-state index in [0.717, 1.165) is 5.39 Å². The monoisotopic (exact) mass is 362 g/mol. The minimum absolute atomic E-state index is 0.148. The SMILES string of the molecule is COc1ccc2ccc(=O)oc2c1CC(OC(=O)CC(C)C)C(C)(C)O. The largest absolute Gasteiger partial charge is 0.496 e. The molecule has 0 bridgehead atoms. The van der Waals surface area contributed by atoms with Gasteiger partial charge in [0.1, 0.15) is 17.4 Å². The van der Waals surface area contributed by atoms with Crippen molar-refractivity contribution in [3.05, 3.63) is 40.2 Å². The Hall–Kier alpha value is -2.34. The standard InChI is InChI=1S/C20H26O6/c1-12(2)10-18(22)25-16(20(3,4)23)11-14-15(24-5)8-6-13-7-9-17(21)26-19(13)14/h6-9,12,16,23H,10-11H2,1-5H3. The highest BCUT2D eigenvalue weighted by molar-refractivity contribution is 5.82. The molecule has 1 aromatic heterocycles. The lowest BCUT2D eigenvalue weighted by molar-refractivity contribution is -0.162. The van der Waals surface area contributed by atoms with Crippen LogP contribution in [0.5, 0.6) is 5.75 Å². The minimum atomic E-state index is -1.28. The van der Waals surface area contributed by atoms with E-state index in [1.165, 1.54) is 13.2 Å². The first-order valence-electron chi connectivity index (χ1n) is 8.63. The maximum Gasteiger partial charge on any atom is 0.336 e. The van der Waals surface area contributed by atoms with Gasteiger partial charge in [0, 0.05) is 29.9 Å². The minimum Gasteiger partial charge on any atom is -0.496 e. The molecule has 6 nitrogen and oxygen atoms in total. The fourth-order valence-corrected chi connectivity index (χ4v) is 2.72. The molecule has 2 aromatic rings. The molecule has 0 amide bonds. The molecule has 0 aliphatic rings. The number of rotatable bonds is 7. The van der Waals surface area contributed by atoms with E-state index in [9.17, 15) is 14.7 Å². The van der Waals surface area contributed by atoms with Gasteiger partial charge in [0.15, 0.2) is 0 Å². The summed E-state index contributed by atoms with van der Waals surface area (Å²) in [5, 5.41) is 11.2. The van der Waals surface area contributed by atoms with Crippen molar-refractivity contribution in [3.63, 3.8) is 0 Å². The predicted octanol–water partition coefficient (Wildman–Crippen LogP) is 3.07. The molecule has 6 heteroatoms. The smallest absolute Gasteiger partial charge is 0.336 e. The van der Waals surface area contributed by atoms with Crippen LogP contribution in [-0.2, 0) is 16.0 Å². The normalized spacial score (nSPS) is 13.0. The molecule has 0 aliphatic carbocycles. The first kappa shape index (κ1) is 20.0. The average Bonchev–Trinajstić information content (AvgIpc) is 2.52. The number of methoxy groups -OCH3 is 1. The Kier molecular flexibility index (Phi) is 6.08. The molecule has 0 spiro atoms. The van der Waals surface area contributed by atoms with Crippen LogP contribution >= 0.6 is 0 Å². The van der Waals surface area contributed by atoms with E-state index in [0.29, 0.717) is 16.9 Å². The van der Waals surface area contributed by atoms with Gasteiger partial charge in [-0.3, -0.25) is 4.79 Å². The van der Waals surface area contributed by atoms with Crippen LogP contribution in [-0.4, -0.2) is 29.9 Å². The molecular weight excluding hydrogens is 336 g/mol. The highest BCUT2D eigenvalue weighted by Gasteiger charge is 2.32. The molecule has 1 unspecified atom stereocenters. The van der Waals surface area contributed by atoms with Gasteiger partial charge in [-0.05, 0) is 38.0 Å². The molecule has 1 N–H and O–H groups in total. The van der Waals surface area contributed by atoms with Crippen molar-refractivity contribution in [2.45, 2.75) is 52.2 Å². The molecular formula is C20H26O6. The fourth-order valence-electron chi connectivity index (χ4n) is 2.72. The highest BCUT2D eigenvalue weighted by Crippen LogP contribution is 2.31. The van der Waals surface area contributed by atoms with Crippen molar-refractivity contribution in [2.24, 2.45) is 5.92 Å². The van der Waals surface area contributed by atoms with Gasteiger partial charge < -0.3 is 19.0 Å². The number of benzene rings is 1. The third-order valence-corrected chi connectivity index (χ3v) is 4.10. The van der Waals surface area contributed by atoms with Gasteiger partial charge in [0.05, 0.1) is 12.7 Å². The lowest BCUT2D eigenvalue weighted by Crippen LogP contribution is -2.41. The second-order valence-electron chi connectivity index (χ2n) is 7.35. The number of carbonyl (C=O) groups is 1. The van der Waals surface area contributed by atoms with Crippen LogP contribution in [0.15, 0.2) is 33.5 Å². The molecule has 0 saturated carbocycles. The van der Waals surface area contributed by atoms with Crippen LogP contribution in [0, 0.1) is 5.92 Å². The maximum atomic E-state index is 12.1. The summed E-state index contributed by atoms with van der Waals surface area (Å²) < 4.78 is 16.3. The van der Waals surface area contributed by atoms with Gasteiger partial charge in [-0.1, -0.05) is 13.8 Å². The van der Waals surface area contributed by atoms with Crippen molar-refractivity contribution in [2.75, 3.05) is 7.11 Å².